The molecule has 3 N–H and O–H groups in total. The molecule has 8 heteroatoms. The number of H-pyrrole nitrogens is 1. The van der Waals surface area contributed by atoms with Gasteiger partial charge in [0.25, 0.3) is 0 Å². The number of rotatable bonds is 2. The molecule has 0 unspecified atom stereocenters. The monoisotopic (exact) mass is 274 g/mol. The molecule has 8 nitrogen and oxygen atoms in total. The zero-order chi connectivity index (χ0) is 14.3. The molecule has 1 aromatic carbocycles. The van der Waals surface area contributed by atoms with E-state index in [9.17, 15) is 14.4 Å². The van der Waals surface area contributed by atoms with Gasteiger partial charge in [0.15, 0.2) is 5.69 Å². The van der Waals surface area contributed by atoms with Gasteiger partial charge in [0.05, 0.1) is 5.52 Å². The number of carboxylic acids is 1. The summed E-state index contributed by atoms with van der Waals surface area (Å²) < 4.78 is 0. The van der Waals surface area contributed by atoms with Gasteiger partial charge in [0.2, 0.25) is 5.91 Å². The third-order valence-electron chi connectivity index (χ3n) is 3.11. The van der Waals surface area contributed by atoms with Crippen LogP contribution in [0, 0.1) is 0 Å². The Morgan fingerprint density at radius 3 is 2.85 bits per heavy atom. The number of carboxylic acid groups (broad SMARTS) is 1. The highest BCUT2D eigenvalue weighted by molar-refractivity contribution is 6.07. The Morgan fingerprint density at radius 1 is 1.35 bits per heavy atom. The Kier molecular flexibility index (Phi) is 2.63. The van der Waals surface area contributed by atoms with E-state index in [-0.39, 0.29) is 24.6 Å². The SMILES string of the molecule is O=C1CCN(c2ccc3[nH]nc(C(=O)O)c3c2)C(=O)N1. The van der Waals surface area contributed by atoms with Crippen LogP contribution in [0.25, 0.3) is 10.9 Å². The number of carbonyl (C=O) groups is 3. The summed E-state index contributed by atoms with van der Waals surface area (Å²) in [5.41, 5.74) is 0.987. The Labute approximate surface area is 112 Å². The summed E-state index contributed by atoms with van der Waals surface area (Å²) in [6.07, 6.45) is 0.209. The minimum Gasteiger partial charge on any atom is -0.476 e. The van der Waals surface area contributed by atoms with E-state index < -0.39 is 12.0 Å². The maximum atomic E-state index is 11.8. The average molecular weight is 274 g/mol. The summed E-state index contributed by atoms with van der Waals surface area (Å²) in [6.45, 7) is 0.260. The summed E-state index contributed by atoms with van der Waals surface area (Å²) in [4.78, 5) is 35.3. The Hall–Kier alpha value is -2.90. The first kappa shape index (κ1) is 12.2. The molecule has 0 saturated carbocycles. The summed E-state index contributed by atoms with van der Waals surface area (Å²) in [6, 6.07) is 4.37. The third-order valence-corrected chi connectivity index (χ3v) is 3.11. The number of imide groups is 1. The lowest BCUT2D eigenvalue weighted by Crippen LogP contribution is -2.49. The van der Waals surface area contributed by atoms with Crippen molar-refractivity contribution in [2.45, 2.75) is 6.42 Å². The van der Waals surface area contributed by atoms with Crippen LogP contribution in [0.5, 0.6) is 0 Å². The molecule has 0 aliphatic carbocycles. The maximum Gasteiger partial charge on any atom is 0.357 e. The van der Waals surface area contributed by atoms with Gasteiger partial charge in [-0.05, 0) is 18.2 Å². The first-order valence-corrected chi connectivity index (χ1v) is 5.89. The van der Waals surface area contributed by atoms with Crippen molar-refractivity contribution in [1.29, 1.82) is 0 Å². The summed E-state index contributed by atoms with van der Waals surface area (Å²) in [7, 11) is 0. The Bertz CT molecular complexity index is 736. The first-order valence-electron chi connectivity index (χ1n) is 5.89. The number of nitrogens with zero attached hydrogens (tertiary/aromatic N) is 2. The summed E-state index contributed by atoms with van der Waals surface area (Å²) in [5, 5.41) is 18.0. The molecule has 0 bridgehead atoms. The van der Waals surface area contributed by atoms with Crippen molar-refractivity contribution in [3.8, 4) is 0 Å². The van der Waals surface area contributed by atoms with Crippen molar-refractivity contribution in [2.75, 3.05) is 11.4 Å². The van der Waals surface area contributed by atoms with E-state index in [4.69, 9.17) is 5.11 Å². The topological polar surface area (TPSA) is 115 Å². The number of aromatic carboxylic acids is 1. The van der Waals surface area contributed by atoms with E-state index in [1.165, 1.54) is 4.90 Å². The number of benzene rings is 1. The normalized spacial score (nSPS) is 15.5. The Balaban J connectivity index is 2.04. The van der Waals surface area contributed by atoms with Crippen LogP contribution < -0.4 is 10.2 Å². The lowest BCUT2D eigenvalue weighted by Gasteiger charge is -2.26. The molecule has 2 heterocycles. The number of aromatic amines is 1. The number of anilines is 1. The van der Waals surface area contributed by atoms with E-state index in [0.717, 1.165) is 0 Å². The molecule has 0 radical (unpaired) electrons. The molecule has 2 aromatic rings. The molecule has 0 spiro atoms. The van der Waals surface area contributed by atoms with E-state index >= 15 is 0 Å². The van der Waals surface area contributed by atoms with Crippen molar-refractivity contribution >= 4 is 34.5 Å². The van der Waals surface area contributed by atoms with Gasteiger partial charge in [-0.2, -0.15) is 5.10 Å². The predicted molar refractivity (Wildman–Crippen MR) is 68.6 cm³/mol. The zero-order valence-corrected chi connectivity index (χ0v) is 10.2. The minimum absolute atomic E-state index is 0.102. The number of urea groups is 1. The fourth-order valence-corrected chi connectivity index (χ4v) is 2.14. The lowest BCUT2D eigenvalue weighted by molar-refractivity contribution is -0.120. The molecule has 102 valence electrons. The number of aromatic nitrogens is 2. The zero-order valence-electron chi connectivity index (χ0n) is 10.2. The number of hydrogen-bond acceptors (Lipinski definition) is 4. The Morgan fingerprint density at radius 2 is 2.15 bits per heavy atom. The van der Waals surface area contributed by atoms with Crippen molar-refractivity contribution in [3.63, 3.8) is 0 Å². The van der Waals surface area contributed by atoms with E-state index in [0.29, 0.717) is 16.6 Å². The van der Waals surface area contributed by atoms with Crippen molar-refractivity contribution in [2.24, 2.45) is 0 Å². The second kappa shape index (κ2) is 4.34. The van der Waals surface area contributed by atoms with E-state index in [1.54, 1.807) is 18.2 Å². The van der Waals surface area contributed by atoms with E-state index in [2.05, 4.69) is 15.5 Å². The quantitative estimate of drug-likeness (QED) is 0.745. The lowest BCUT2D eigenvalue weighted by atomic mass is 10.1. The molecule has 20 heavy (non-hydrogen) atoms. The van der Waals surface area contributed by atoms with Crippen LogP contribution in [-0.4, -0.2) is 39.8 Å². The van der Waals surface area contributed by atoms with Crippen LogP contribution in [0.1, 0.15) is 16.9 Å². The van der Waals surface area contributed by atoms with Crippen LogP contribution in [0.15, 0.2) is 18.2 Å². The number of carbonyl (C=O) groups excluding carboxylic acids is 2. The predicted octanol–water partition coefficient (Wildman–Crippen LogP) is 0.707. The highest BCUT2D eigenvalue weighted by Gasteiger charge is 2.25. The van der Waals surface area contributed by atoms with Gasteiger partial charge in [-0.15, -0.1) is 0 Å². The van der Waals surface area contributed by atoms with Crippen molar-refractivity contribution in [3.05, 3.63) is 23.9 Å². The van der Waals surface area contributed by atoms with Crippen molar-refractivity contribution in [1.82, 2.24) is 15.5 Å². The number of amides is 3. The van der Waals surface area contributed by atoms with Gasteiger partial charge >= 0.3 is 12.0 Å². The molecule has 0 atom stereocenters. The van der Waals surface area contributed by atoms with Crippen LogP contribution >= 0.6 is 0 Å². The molecular weight excluding hydrogens is 264 g/mol. The molecule has 1 aliphatic heterocycles. The van der Waals surface area contributed by atoms with Crippen LogP contribution in [0.4, 0.5) is 10.5 Å². The van der Waals surface area contributed by atoms with Gasteiger partial charge in [0, 0.05) is 24.0 Å². The van der Waals surface area contributed by atoms with Gasteiger partial charge in [0.1, 0.15) is 0 Å². The highest BCUT2D eigenvalue weighted by Crippen LogP contribution is 2.24. The van der Waals surface area contributed by atoms with E-state index in [1.807, 2.05) is 0 Å². The molecule has 1 aromatic heterocycles. The highest BCUT2D eigenvalue weighted by atomic mass is 16.4. The van der Waals surface area contributed by atoms with Crippen LogP contribution in [-0.2, 0) is 4.79 Å². The number of hydrogen-bond donors (Lipinski definition) is 3. The third kappa shape index (κ3) is 1.87. The number of nitrogens with one attached hydrogen (secondary N) is 2. The van der Waals surface area contributed by atoms with Gasteiger partial charge < -0.3 is 5.11 Å². The standard InChI is InChI=1S/C12H10N4O4/c17-9-3-4-16(12(20)13-9)6-1-2-8-7(5-6)10(11(18)19)15-14-8/h1-2,5H,3-4H2,(H,14,15)(H,18,19)(H,13,17,20). The molecule has 3 rings (SSSR count). The van der Waals surface area contributed by atoms with Crippen molar-refractivity contribution < 1.29 is 19.5 Å². The molecule has 3 amide bonds. The van der Waals surface area contributed by atoms with Crippen LogP contribution in [0.3, 0.4) is 0 Å². The number of fused-ring (bicyclic) bond motifs is 1. The summed E-state index contributed by atoms with van der Waals surface area (Å²) in [5.74, 6) is -1.46. The van der Waals surface area contributed by atoms with Gasteiger partial charge in [-0.1, -0.05) is 0 Å². The minimum atomic E-state index is -1.15. The average Bonchev–Trinajstić information content (AvgIpc) is 2.81. The smallest absolute Gasteiger partial charge is 0.357 e. The summed E-state index contributed by atoms with van der Waals surface area (Å²) >= 11 is 0. The second-order valence-electron chi connectivity index (χ2n) is 4.36. The maximum absolute atomic E-state index is 11.8. The van der Waals surface area contributed by atoms with Gasteiger partial charge in [-0.3, -0.25) is 20.1 Å². The van der Waals surface area contributed by atoms with Gasteiger partial charge in [-0.25, -0.2) is 9.59 Å². The molecule has 1 aliphatic rings. The second-order valence-corrected chi connectivity index (χ2v) is 4.36. The fourth-order valence-electron chi connectivity index (χ4n) is 2.14. The first-order chi connectivity index (χ1) is 9.56. The largest absolute Gasteiger partial charge is 0.476 e. The molecule has 1 saturated heterocycles. The van der Waals surface area contributed by atoms with Crippen LogP contribution in [0.2, 0.25) is 0 Å². The fraction of sp³-hybridized carbons (Fsp3) is 0.167. The molecular formula is C12H10N4O4. The molecule has 1 fully saturated rings.